The van der Waals surface area contributed by atoms with E-state index in [-0.39, 0.29) is 17.8 Å². The topological polar surface area (TPSA) is 98.5 Å². The lowest BCUT2D eigenvalue weighted by molar-refractivity contribution is -0.383. The summed E-state index contributed by atoms with van der Waals surface area (Å²) in [5.74, 6) is -1.19. The Kier molecular flexibility index (Phi) is 5.64. The van der Waals surface area contributed by atoms with Crippen LogP contribution in [0.15, 0.2) is 66.7 Å². The number of rotatable bonds is 6. The molecule has 0 saturated carbocycles. The Morgan fingerprint density at radius 2 is 1.71 bits per heavy atom. The average Bonchev–Trinajstić information content (AvgIpc) is 2.68. The second-order valence-corrected chi connectivity index (χ2v) is 6.25. The largest absolute Gasteiger partial charge is 0.452 e. The molecule has 1 N–H and O–H groups in total. The van der Waals surface area contributed by atoms with Gasteiger partial charge in [-0.15, -0.1) is 0 Å². The monoisotopic (exact) mass is 378 g/mol. The van der Waals surface area contributed by atoms with Crippen molar-refractivity contribution in [2.45, 2.75) is 19.4 Å². The van der Waals surface area contributed by atoms with Crippen LogP contribution in [0, 0.1) is 10.1 Å². The summed E-state index contributed by atoms with van der Waals surface area (Å²) >= 11 is 0. The molecular formula is C21H18N2O5. The predicted molar refractivity (Wildman–Crippen MR) is 105 cm³/mol. The number of nitro groups is 1. The van der Waals surface area contributed by atoms with Crippen LogP contribution in [-0.2, 0) is 20.7 Å². The molecule has 0 aliphatic heterocycles. The Balaban J connectivity index is 1.61. The van der Waals surface area contributed by atoms with Crippen LogP contribution < -0.4 is 5.32 Å². The molecule has 1 atom stereocenters. The fraction of sp³-hybridized carbons (Fsp3) is 0.143. The van der Waals surface area contributed by atoms with Gasteiger partial charge >= 0.3 is 5.97 Å². The van der Waals surface area contributed by atoms with E-state index in [1.807, 2.05) is 42.5 Å². The zero-order valence-electron chi connectivity index (χ0n) is 15.1. The van der Waals surface area contributed by atoms with E-state index in [2.05, 4.69) is 5.32 Å². The SMILES string of the molecule is C[C@@H](OC(=O)Cc1ccc2ccccc2c1)C(=O)Nc1ccccc1[N+](=O)[O-]. The summed E-state index contributed by atoms with van der Waals surface area (Å²) in [6, 6.07) is 19.2. The zero-order chi connectivity index (χ0) is 20.1. The Morgan fingerprint density at radius 3 is 2.46 bits per heavy atom. The number of esters is 1. The first-order chi connectivity index (χ1) is 13.4. The van der Waals surface area contributed by atoms with Gasteiger partial charge in [-0.05, 0) is 29.3 Å². The van der Waals surface area contributed by atoms with E-state index in [1.54, 1.807) is 6.07 Å². The summed E-state index contributed by atoms with van der Waals surface area (Å²) in [6.45, 7) is 1.42. The van der Waals surface area contributed by atoms with Crippen LogP contribution in [0.4, 0.5) is 11.4 Å². The summed E-state index contributed by atoms with van der Waals surface area (Å²) in [5.41, 5.74) is 0.593. The third-order valence-corrected chi connectivity index (χ3v) is 4.20. The van der Waals surface area contributed by atoms with Crippen LogP contribution >= 0.6 is 0 Å². The molecule has 0 aromatic heterocycles. The lowest BCUT2D eigenvalue weighted by Crippen LogP contribution is -2.30. The third kappa shape index (κ3) is 4.50. The highest BCUT2D eigenvalue weighted by atomic mass is 16.6. The fourth-order valence-corrected chi connectivity index (χ4v) is 2.78. The lowest BCUT2D eigenvalue weighted by Gasteiger charge is -2.14. The van der Waals surface area contributed by atoms with Crippen molar-refractivity contribution in [3.8, 4) is 0 Å². The smallest absolute Gasteiger partial charge is 0.311 e. The molecule has 142 valence electrons. The number of hydrogen-bond donors (Lipinski definition) is 1. The minimum Gasteiger partial charge on any atom is -0.452 e. The minimum absolute atomic E-state index is 0.0218. The van der Waals surface area contributed by atoms with Crippen LogP contribution in [0.25, 0.3) is 10.8 Å². The molecule has 0 spiro atoms. The Hall–Kier alpha value is -3.74. The molecule has 28 heavy (non-hydrogen) atoms. The number of hydrogen-bond acceptors (Lipinski definition) is 5. The van der Waals surface area contributed by atoms with Crippen LogP contribution in [0.5, 0.6) is 0 Å². The van der Waals surface area contributed by atoms with Crippen molar-refractivity contribution in [1.29, 1.82) is 0 Å². The van der Waals surface area contributed by atoms with Crippen molar-refractivity contribution in [1.82, 2.24) is 0 Å². The predicted octanol–water partition coefficient (Wildman–Crippen LogP) is 3.86. The molecule has 0 bridgehead atoms. The molecular weight excluding hydrogens is 360 g/mol. The minimum atomic E-state index is -1.09. The molecule has 0 fully saturated rings. The summed E-state index contributed by atoms with van der Waals surface area (Å²) < 4.78 is 5.18. The van der Waals surface area contributed by atoms with Crippen molar-refractivity contribution in [3.63, 3.8) is 0 Å². The first-order valence-electron chi connectivity index (χ1n) is 8.65. The van der Waals surface area contributed by atoms with Gasteiger partial charge in [0.25, 0.3) is 11.6 Å². The molecule has 0 saturated heterocycles. The second-order valence-electron chi connectivity index (χ2n) is 6.25. The average molecular weight is 378 g/mol. The number of ether oxygens (including phenoxy) is 1. The number of anilines is 1. The van der Waals surface area contributed by atoms with Crippen molar-refractivity contribution in [2.24, 2.45) is 0 Å². The van der Waals surface area contributed by atoms with E-state index in [0.717, 1.165) is 16.3 Å². The van der Waals surface area contributed by atoms with Gasteiger partial charge in [-0.1, -0.05) is 54.6 Å². The van der Waals surface area contributed by atoms with Crippen molar-refractivity contribution in [3.05, 3.63) is 82.4 Å². The number of amides is 1. The van der Waals surface area contributed by atoms with Gasteiger partial charge in [0.15, 0.2) is 6.10 Å². The molecule has 0 radical (unpaired) electrons. The quantitative estimate of drug-likeness (QED) is 0.399. The Labute approximate surface area is 161 Å². The van der Waals surface area contributed by atoms with Gasteiger partial charge in [0.2, 0.25) is 0 Å². The number of fused-ring (bicyclic) bond motifs is 1. The molecule has 3 rings (SSSR count). The number of nitro benzene ring substituents is 1. The first kappa shape index (κ1) is 19.0. The highest BCUT2D eigenvalue weighted by molar-refractivity contribution is 5.97. The molecule has 3 aromatic rings. The second kappa shape index (κ2) is 8.30. The first-order valence-corrected chi connectivity index (χ1v) is 8.65. The number of carbonyl (C=O) groups excluding carboxylic acids is 2. The lowest BCUT2D eigenvalue weighted by atomic mass is 10.1. The maximum absolute atomic E-state index is 12.2. The maximum atomic E-state index is 12.2. The van der Waals surface area contributed by atoms with Gasteiger partial charge in [0, 0.05) is 6.07 Å². The summed E-state index contributed by atoms with van der Waals surface area (Å²) in [6.07, 6.45) is -1.07. The third-order valence-electron chi connectivity index (χ3n) is 4.20. The molecule has 0 heterocycles. The van der Waals surface area contributed by atoms with Crippen molar-refractivity contribution >= 4 is 34.0 Å². The van der Waals surface area contributed by atoms with Gasteiger partial charge in [-0.25, -0.2) is 0 Å². The van der Waals surface area contributed by atoms with Gasteiger partial charge < -0.3 is 10.1 Å². The molecule has 0 aliphatic rings. The van der Waals surface area contributed by atoms with E-state index >= 15 is 0 Å². The summed E-state index contributed by atoms with van der Waals surface area (Å²) in [4.78, 5) is 34.8. The normalized spacial score (nSPS) is 11.6. The number of para-hydroxylation sites is 2. The van der Waals surface area contributed by atoms with Crippen LogP contribution in [0.3, 0.4) is 0 Å². The van der Waals surface area contributed by atoms with Crippen LogP contribution in [0.2, 0.25) is 0 Å². The van der Waals surface area contributed by atoms with E-state index in [4.69, 9.17) is 4.74 Å². The zero-order valence-corrected chi connectivity index (χ0v) is 15.1. The van der Waals surface area contributed by atoms with E-state index < -0.39 is 22.9 Å². The van der Waals surface area contributed by atoms with Gasteiger partial charge in [-0.3, -0.25) is 19.7 Å². The molecule has 7 heteroatoms. The standard InChI is InChI=1S/C21H18N2O5/c1-14(21(25)22-18-8-4-5-9-19(18)23(26)27)28-20(24)13-15-10-11-16-6-2-3-7-17(16)12-15/h2-12,14H,13H2,1H3,(H,22,25)/t14-/m1/s1. The number of carbonyl (C=O) groups is 2. The van der Waals surface area contributed by atoms with Crippen LogP contribution in [-0.4, -0.2) is 22.9 Å². The summed E-state index contributed by atoms with van der Waals surface area (Å²) in [7, 11) is 0. The number of nitrogens with one attached hydrogen (secondary N) is 1. The van der Waals surface area contributed by atoms with E-state index in [1.165, 1.54) is 25.1 Å². The molecule has 3 aromatic carbocycles. The van der Waals surface area contributed by atoms with E-state index in [9.17, 15) is 19.7 Å². The Morgan fingerprint density at radius 1 is 1.04 bits per heavy atom. The maximum Gasteiger partial charge on any atom is 0.311 e. The molecule has 0 unspecified atom stereocenters. The van der Waals surface area contributed by atoms with Crippen molar-refractivity contribution in [2.75, 3.05) is 5.32 Å². The number of benzene rings is 3. The fourth-order valence-electron chi connectivity index (χ4n) is 2.78. The van der Waals surface area contributed by atoms with Gasteiger partial charge in [-0.2, -0.15) is 0 Å². The number of nitrogens with zero attached hydrogens (tertiary/aromatic N) is 1. The Bertz CT molecular complexity index is 1050. The van der Waals surface area contributed by atoms with Gasteiger partial charge in [0.05, 0.1) is 11.3 Å². The van der Waals surface area contributed by atoms with Crippen molar-refractivity contribution < 1.29 is 19.2 Å². The van der Waals surface area contributed by atoms with Crippen LogP contribution in [0.1, 0.15) is 12.5 Å². The highest BCUT2D eigenvalue weighted by Gasteiger charge is 2.21. The van der Waals surface area contributed by atoms with E-state index in [0.29, 0.717) is 0 Å². The highest BCUT2D eigenvalue weighted by Crippen LogP contribution is 2.23. The molecule has 7 nitrogen and oxygen atoms in total. The summed E-state index contributed by atoms with van der Waals surface area (Å²) in [5, 5.41) is 15.5. The van der Waals surface area contributed by atoms with Gasteiger partial charge in [0.1, 0.15) is 5.69 Å². The molecule has 1 amide bonds. The molecule has 0 aliphatic carbocycles.